The largest absolute Gasteiger partial charge is 0.504 e. The fraction of sp³-hybridized carbons (Fsp3) is 0.0741. The minimum atomic E-state index is -1.72. The SMILES string of the molecule is CC(=O)c1cc2c(=O)c3ccccc3oc2c(C(C)=O)c1-c1coc2cc(O)c(O)c(C(=O)O)c2c1=O. The van der Waals surface area contributed by atoms with E-state index >= 15 is 0 Å². The molecule has 0 fully saturated rings. The standard InChI is InChI=1S/C27H16O10/c1-10(28)13-7-14-23(31)12-5-3-4-6-17(12)37-26(14)19(11(2)29)20(13)15-9-36-18-8-16(30)25(33)22(27(34)35)21(18)24(15)32/h3-9,30,33H,1-2H3,(H,34,35). The second-order valence-electron chi connectivity index (χ2n) is 8.37. The van der Waals surface area contributed by atoms with Gasteiger partial charge < -0.3 is 24.2 Å². The van der Waals surface area contributed by atoms with Crippen LogP contribution in [0.5, 0.6) is 11.5 Å². The number of rotatable bonds is 4. The van der Waals surface area contributed by atoms with Crippen LogP contribution in [-0.4, -0.2) is 32.9 Å². The van der Waals surface area contributed by atoms with Crippen LogP contribution in [0.25, 0.3) is 44.0 Å². The number of aromatic hydroxyl groups is 2. The van der Waals surface area contributed by atoms with Crippen LogP contribution in [0.4, 0.5) is 0 Å². The van der Waals surface area contributed by atoms with Gasteiger partial charge in [0.25, 0.3) is 0 Å². The number of carbonyl (C=O) groups is 3. The van der Waals surface area contributed by atoms with E-state index in [1.807, 2.05) is 0 Å². The lowest BCUT2D eigenvalue weighted by molar-refractivity contribution is 0.0694. The van der Waals surface area contributed by atoms with Crippen LogP contribution in [0.3, 0.4) is 0 Å². The van der Waals surface area contributed by atoms with E-state index in [-0.39, 0.29) is 49.8 Å². The van der Waals surface area contributed by atoms with E-state index in [0.717, 1.165) is 19.3 Å². The summed E-state index contributed by atoms with van der Waals surface area (Å²) in [4.78, 5) is 64.4. The van der Waals surface area contributed by atoms with Crippen molar-refractivity contribution in [1.82, 2.24) is 0 Å². The number of phenolic OH excluding ortho intramolecular Hbond substituents is 1. The quantitative estimate of drug-likeness (QED) is 0.184. The molecule has 37 heavy (non-hydrogen) atoms. The van der Waals surface area contributed by atoms with E-state index in [9.17, 15) is 39.3 Å². The van der Waals surface area contributed by atoms with Gasteiger partial charge in [-0.25, -0.2) is 4.79 Å². The average Bonchev–Trinajstić information content (AvgIpc) is 2.84. The topological polar surface area (TPSA) is 172 Å². The number of para-hydroxylation sites is 1. The fourth-order valence-electron chi connectivity index (χ4n) is 4.48. The summed E-state index contributed by atoms with van der Waals surface area (Å²) in [5.74, 6) is -4.85. The van der Waals surface area contributed by atoms with Crippen molar-refractivity contribution in [3.8, 4) is 22.6 Å². The van der Waals surface area contributed by atoms with Gasteiger partial charge >= 0.3 is 5.97 Å². The minimum absolute atomic E-state index is 0.0585. The van der Waals surface area contributed by atoms with E-state index < -0.39 is 50.8 Å². The highest BCUT2D eigenvalue weighted by Crippen LogP contribution is 2.38. The Balaban J connectivity index is 2.04. The number of Topliss-reactive ketones (excluding diaryl/α,β-unsaturated/α-hetero) is 2. The van der Waals surface area contributed by atoms with Gasteiger partial charge in [-0.3, -0.25) is 19.2 Å². The molecule has 0 saturated carbocycles. The van der Waals surface area contributed by atoms with E-state index in [0.29, 0.717) is 0 Å². The van der Waals surface area contributed by atoms with Crippen molar-refractivity contribution in [2.24, 2.45) is 0 Å². The smallest absolute Gasteiger partial charge is 0.340 e. The van der Waals surface area contributed by atoms with Gasteiger partial charge in [-0.2, -0.15) is 0 Å². The van der Waals surface area contributed by atoms with Crippen LogP contribution in [-0.2, 0) is 0 Å². The summed E-state index contributed by atoms with van der Waals surface area (Å²) in [6.07, 6.45) is 0.909. The minimum Gasteiger partial charge on any atom is -0.504 e. The molecule has 2 heterocycles. The van der Waals surface area contributed by atoms with Crippen molar-refractivity contribution < 1.29 is 38.5 Å². The van der Waals surface area contributed by atoms with Crippen LogP contribution in [0.15, 0.2) is 61.1 Å². The molecule has 5 rings (SSSR count). The Morgan fingerprint density at radius 1 is 0.838 bits per heavy atom. The van der Waals surface area contributed by atoms with E-state index in [1.54, 1.807) is 12.1 Å². The lowest BCUT2D eigenvalue weighted by Gasteiger charge is -2.15. The third-order valence-electron chi connectivity index (χ3n) is 6.10. The Labute approximate surface area is 205 Å². The van der Waals surface area contributed by atoms with Gasteiger partial charge in [0, 0.05) is 17.2 Å². The molecule has 0 atom stereocenters. The van der Waals surface area contributed by atoms with Crippen LogP contribution >= 0.6 is 0 Å². The molecular formula is C27H16O10. The summed E-state index contributed by atoms with van der Waals surface area (Å²) in [7, 11) is 0. The predicted octanol–water partition coefficient (Wildman–Crippen LogP) is 4.23. The van der Waals surface area contributed by atoms with E-state index in [4.69, 9.17) is 8.83 Å². The Kier molecular flexibility index (Phi) is 5.18. The van der Waals surface area contributed by atoms with E-state index in [2.05, 4.69) is 0 Å². The van der Waals surface area contributed by atoms with E-state index in [1.165, 1.54) is 25.1 Å². The molecule has 184 valence electrons. The van der Waals surface area contributed by atoms with Crippen molar-refractivity contribution in [2.45, 2.75) is 13.8 Å². The van der Waals surface area contributed by atoms with Crippen molar-refractivity contribution in [3.63, 3.8) is 0 Å². The Morgan fingerprint density at radius 2 is 1.54 bits per heavy atom. The maximum atomic E-state index is 13.7. The van der Waals surface area contributed by atoms with Gasteiger partial charge in [0.1, 0.15) is 28.6 Å². The number of aromatic carboxylic acids is 1. The molecule has 0 amide bonds. The summed E-state index contributed by atoms with van der Waals surface area (Å²) in [5, 5.41) is 29.2. The Morgan fingerprint density at radius 3 is 2.19 bits per heavy atom. The molecule has 10 heteroatoms. The zero-order valence-electron chi connectivity index (χ0n) is 19.2. The molecule has 5 aromatic rings. The van der Waals surface area contributed by atoms with Crippen LogP contribution < -0.4 is 10.9 Å². The number of phenols is 2. The highest BCUT2D eigenvalue weighted by atomic mass is 16.4. The zero-order chi connectivity index (χ0) is 26.8. The lowest BCUT2D eigenvalue weighted by atomic mass is 9.88. The van der Waals surface area contributed by atoms with Crippen molar-refractivity contribution in [2.75, 3.05) is 0 Å². The maximum absolute atomic E-state index is 13.7. The molecule has 0 aliphatic rings. The molecule has 3 N–H and O–H groups in total. The molecule has 0 radical (unpaired) electrons. The first kappa shape index (κ1) is 23.5. The highest BCUT2D eigenvalue weighted by Gasteiger charge is 2.29. The van der Waals surface area contributed by atoms with Crippen molar-refractivity contribution in [3.05, 3.63) is 79.8 Å². The number of benzene rings is 3. The molecule has 3 aromatic carbocycles. The highest BCUT2D eigenvalue weighted by molar-refractivity contribution is 6.18. The second kappa shape index (κ2) is 8.16. The Hall–Kier alpha value is -5.25. The van der Waals surface area contributed by atoms with Gasteiger partial charge in [-0.1, -0.05) is 12.1 Å². The monoisotopic (exact) mass is 500 g/mol. The average molecular weight is 500 g/mol. The third kappa shape index (κ3) is 3.38. The van der Waals surface area contributed by atoms with Crippen LogP contribution in [0.2, 0.25) is 0 Å². The number of carboxylic acid groups (broad SMARTS) is 1. The molecule has 0 spiro atoms. The van der Waals surface area contributed by atoms with Crippen molar-refractivity contribution in [1.29, 1.82) is 0 Å². The molecule has 0 aliphatic carbocycles. The first-order chi connectivity index (χ1) is 17.5. The van der Waals surface area contributed by atoms with Gasteiger partial charge in [0.2, 0.25) is 10.9 Å². The molecule has 0 saturated heterocycles. The lowest BCUT2D eigenvalue weighted by Crippen LogP contribution is -2.16. The van der Waals surface area contributed by atoms with Gasteiger partial charge in [-0.15, -0.1) is 0 Å². The van der Waals surface area contributed by atoms with Crippen LogP contribution in [0, 0.1) is 0 Å². The summed E-state index contributed by atoms with van der Waals surface area (Å²) >= 11 is 0. The van der Waals surface area contributed by atoms with Gasteiger partial charge in [-0.05, 0) is 32.0 Å². The summed E-state index contributed by atoms with van der Waals surface area (Å²) < 4.78 is 11.3. The molecular weight excluding hydrogens is 484 g/mol. The number of carboxylic acids is 1. The first-order valence-corrected chi connectivity index (χ1v) is 10.8. The number of carbonyl (C=O) groups excluding carboxylic acids is 2. The second-order valence-corrected chi connectivity index (χ2v) is 8.37. The van der Waals surface area contributed by atoms with Crippen LogP contribution in [0.1, 0.15) is 44.9 Å². The Bertz CT molecular complexity index is 1970. The van der Waals surface area contributed by atoms with Crippen molar-refractivity contribution >= 4 is 50.4 Å². The molecule has 10 nitrogen and oxygen atoms in total. The van der Waals surface area contributed by atoms with Gasteiger partial charge in [0.05, 0.1) is 27.3 Å². The molecule has 0 aliphatic heterocycles. The number of hydrogen-bond acceptors (Lipinski definition) is 9. The number of hydrogen-bond donors (Lipinski definition) is 3. The molecule has 0 bridgehead atoms. The number of fused-ring (bicyclic) bond motifs is 3. The van der Waals surface area contributed by atoms with Gasteiger partial charge in [0.15, 0.2) is 23.1 Å². The fourth-order valence-corrected chi connectivity index (χ4v) is 4.48. The summed E-state index contributed by atoms with van der Waals surface area (Å²) in [6.45, 7) is 2.33. The predicted molar refractivity (Wildman–Crippen MR) is 132 cm³/mol. The number of ketones is 2. The molecule has 2 aromatic heterocycles. The first-order valence-electron chi connectivity index (χ1n) is 10.8. The third-order valence-corrected chi connectivity index (χ3v) is 6.10. The maximum Gasteiger partial charge on any atom is 0.340 e. The normalized spacial score (nSPS) is 11.3. The zero-order valence-corrected chi connectivity index (χ0v) is 19.2. The summed E-state index contributed by atoms with van der Waals surface area (Å²) in [5.41, 5.74) is -3.78. The molecule has 0 unspecified atom stereocenters. The summed E-state index contributed by atoms with van der Waals surface area (Å²) in [6, 6.07) is 8.40.